The third-order valence-electron chi connectivity index (χ3n) is 1.48. The summed E-state index contributed by atoms with van der Waals surface area (Å²) in [6.45, 7) is 0. The Kier molecular flexibility index (Phi) is 4.16. The van der Waals surface area contributed by atoms with Crippen LogP contribution in [0.2, 0.25) is 0 Å². The van der Waals surface area contributed by atoms with Crippen molar-refractivity contribution in [3.63, 3.8) is 0 Å². The fraction of sp³-hybridized carbons (Fsp3) is 0.111. The van der Waals surface area contributed by atoms with Crippen molar-refractivity contribution in [3.8, 4) is 5.75 Å². The molecular formula is C9H10N3OSe. The van der Waals surface area contributed by atoms with Crippen molar-refractivity contribution in [1.29, 1.82) is 0 Å². The summed E-state index contributed by atoms with van der Waals surface area (Å²) >= 11 is 2.54. The average molecular weight is 255 g/mol. The molecule has 0 unspecified atom stereocenters. The molecule has 1 radical (unpaired) electrons. The standard InChI is InChI=1S/C9H10N3OSe/c1-13-8-4-2-7(3-5-8)6-11-12-9(10)14/h2-6H,1H3,(H2,10,12)/b11-6+. The molecule has 1 rings (SSSR count). The summed E-state index contributed by atoms with van der Waals surface area (Å²) < 4.78 is 5.33. The van der Waals surface area contributed by atoms with Gasteiger partial charge in [-0.25, -0.2) is 0 Å². The molecule has 0 aliphatic rings. The summed E-state index contributed by atoms with van der Waals surface area (Å²) in [5.41, 5.74) is 6.20. The van der Waals surface area contributed by atoms with Gasteiger partial charge in [0.05, 0.1) is 0 Å². The van der Waals surface area contributed by atoms with Crippen molar-refractivity contribution in [2.45, 2.75) is 0 Å². The van der Waals surface area contributed by atoms with Crippen LogP contribution in [0.3, 0.4) is 0 Å². The van der Waals surface area contributed by atoms with Crippen LogP contribution in [0.25, 0.3) is 0 Å². The Labute approximate surface area is 90.7 Å². The molecule has 1 aromatic carbocycles. The summed E-state index contributed by atoms with van der Waals surface area (Å²) in [6.07, 6.45) is 1.61. The number of hydrogen-bond acceptors (Lipinski definition) is 3. The van der Waals surface area contributed by atoms with Crippen LogP contribution in [0.4, 0.5) is 0 Å². The molecule has 0 saturated heterocycles. The van der Waals surface area contributed by atoms with Crippen LogP contribution in [0.5, 0.6) is 5.75 Å². The molecule has 73 valence electrons. The molecule has 2 N–H and O–H groups in total. The summed E-state index contributed by atoms with van der Waals surface area (Å²) in [5, 5.41) is 7.40. The van der Waals surface area contributed by atoms with Crippen molar-refractivity contribution in [3.05, 3.63) is 29.8 Å². The van der Waals surface area contributed by atoms with Gasteiger partial charge in [0.25, 0.3) is 0 Å². The minimum atomic E-state index is 0.315. The van der Waals surface area contributed by atoms with E-state index in [-0.39, 0.29) is 0 Å². The average Bonchev–Trinajstić information content (AvgIpc) is 2.18. The van der Waals surface area contributed by atoms with Gasteiger partial charge in [-0.1, -0.05) is 0 Å². The van der Waals surface area contributed by atoms with Gasteiger partial charge >= 0.3 is 90.3 Å². The van der Waals surface area contributed by atoms with Crippen molar-refractivity contribution in [1.82, 2.24) is 0 Å². The maximum atomic E-state index is 5.26. The Morgan fingerprint density at radius 1 is 1.43 bits per heavy atom. The Morgan fingerprint density at radius 3 is 2.57 bits per heavy atom. The van der Waals surface area contributed by atoms with Gasteiger partial charge in [0, 0.05) is 0 Å². The molecule has 1 aromatic rings. The van der Waals surface area contributed by atoms with E-state index < -0.39 is 0 Å². The monoisotopic (exact) mass is 256 g/mol. The molecule has 4 nitrogen and oxygen atoms in total. The number of ether oxygens (including phenoxy) is 1. The van der Waals surface area contributed by atoms with Gasteiger partial charge in [-0.05, 0) is 0 Å². The van der Waals surface area contributed by atoms with Crippen LogP contribution >= 0.6 is 0 Å². The molecule has 14 heavy (non-hydrogen) atoms. The first-order chi connectivity index (χ1) is 6.72. The fourth-order valence-electron chi connectivity index (χ4n) is 0.842. The fourth-order valence-corrected chi connectivity index (χ4v) is 0.941. The van der Waals surface area contributed by atoms with Gasteiger partial charge in [-0.2, -0.15) is 0 Å². The Bertz CT molecular complexity index is 342. The van der Waals surface area contributed by atoms with Gasteiger partial charge < -0.3 is 0 Å². The molecule has 0 atom stereocenters. The quantitative estimate of drug-likeness (QED) is 0.370. The van der Waals surface area contributed by atoms with Crippen LogP contribution in [0.15, 0.2) is 34.5 Å². The number of nitrogens with two attached hydrogens (primary N) is 1. The van der Waals surface area contributed by atoms with Gasteiger partial charge in [0.2, 0.25) is 0 Å². The minimum absolute atomic E-state index is 0.315. The SMILES string of the molecule is COc1ccc(/C=N/N=C(N)[Se])cc1. The van der Waals surface area contributed by atoms with E-state index in [1.54, 1.807) is 13.3 Å². The molecule has 0 aliphatic heterocycles. The van der Waals surface area contributed by atoms with E-state index in [0.29, 0.717) is 4.73 Å². The van der Waals surface area contributed by atoms with Gasteiger partial charge in [-0.3, -0.25) is 0 Å². The third kappa shape index (κ3) is 3.60. The summed E-state index contributed by atoms with van der Waals surface area (Å²) in [5.74, 6) is 0.814. The predicted molar refractivity (Wildman–Crippen MR) is 58.0 cm³/mol. The summed E-state index contributed by atoms with van der Waals surface area (Å²) in [6, 6.07) is 7.47. The Balaban J connectivity index is 2.69. The maximum absolute atomic E-state index is 5.26. The second-order valence-electron chi connectivity index (χ2n) is 2.46. The van der Waals surface area contributed by atoms with Crippen LogP contribution in [-0.4, -0.2) is 34.1 Å². The van der Waals surface area contributed by atoms with E-state index in [0.717, 1.165) is 11.3 Å². The van der Waals surface area contributed by atoms with Crippen LogP contribution in [0, 0.1) is 0 Å². The number of amidine groups is 1. The van der Waals surface area contributed by atoms with Crippen LogP contribution < -0.4 is 10.5 Å². The molecule has 0 saturated carbocycles. The summed E-state index contributed by atoms with van der Waals surface area (Å²) in [7, 11) is 1.63. The zero-order chi connectivity index (χ0) is 10.4. The topological polar surface area (TPSA) is 60.0 Å². The molecule has 0 bridgehead atoms. The van der Waals surface area contributed by atoms with E-state index >= 15 is 0 Å². The van der Waals surface area contributed by atoms with Crippen LogP contribution in [0.1, 0.15) is 5.56 Å². The Morgan fingerprint density at radius 2 is 2.07 bits per heavy atom. The molecule has 0 amide bonds. The first-order valence-electron chi connectivity index (χ1n) is 3.90. The number of hydrogen-bond donors (Lipinski definition) is 1. The van der Waals surface area contributed by atoms with E-state index in [2.05, 4.69) is 26.2 Å². The number of methoxy groups -OCH3 is 1. The summed E-state index contributed by atoms with van der Waals surface area (Å²) in [4.78, 5) is 0. The number of rotatable bonds is 3. The predicted octanol–water partition coefficient (Wildman–Crippen LogP) is 0.512. The molecule has 0 aliphatic carbocycles. The molecular weight excluding hydrogens is 245 g/mol. The zero-order valence-electron chi connectivity index (χ0n) is 7.68. The molecule has 5 heteroatoms. The van der Waals surface area contributed by atoms with E-state index in [1.165, 1.54) is 0 Å². The number of nitrogens with zero attached hydrogens (tertiary/aromatic N) is 2. The third-order valence-corrected chi connectivity index (χ3v) is 1.65. The van der Waals surface area contributed by atoms with E-state index in [9.17, 15) is 0 Å². The molecule has 0 spiro atoms. The van der Waals surface area contributed by atoms with Crippen LogP contribution in [-0.2, 0) is 0 Å². The Hall–Kier alpha value is -1.32. The van der Waals surface area contributed by atoms with Crippen molar-refractivity contribution in [2.75, 3.05) is 7.11 Å². The molecule has 0 aromatic heterocycles. The van der Waals surface area contributed by atoms with Gasteiger partial charge in [0.1, 0.15) is 0 Å². The normalized spacial score (nSPS) is 11.9. The second kappa shape index (κ2) is 5.42. The number of benzene rings is 1. The second-order valence-corrected chi connectivity index (χ2v) is 3.33. The van der Waals surface area contributed by atoms with Crippen molar-refractivity contribution >= 4 is 27.0 Å². The van der Waals surface area contributed by atoms with Gasteiger partial charge in [0.15, 0.2) is 0 Å². The molecule has 0 fully saturated rings. The molecule has 0 heterocycles. The van der Waals surface area contributed by atoms with Gasteiger partial charge in [-0.15, -0.1) is 0 Å². The first kappa shape index (κ1) is 10.8. The van der Waals surface area contributed by atoms with Crippen molar-refractivity contribution < 1.29 is 4.74 Å². The van der Waals surface area contributed by atoms with E-state index in [1.807, 2.05) is 24.3 Å². The van der Waals surface area contributed by atoms with Crippen molar-refractivity contribution in [2.24, 2.45) is 15.9 Å². The first-order valence-corrected chi connectivity index (χ1v) is 4.75. The zero-order valence-corrected chi connectivity index (χ0v) is 9.39. The van der Waals surface area contributed by atoms with E-state index in [4.69, 9.17) is 10.5 Å².